The van der Waals surface area contributed by atoms with Crippen LogP contribution in [0.5, 0.6) is 0 Å². The molecule has 0 fully saturated rings. The highest BCUT2D eigenvalue weighted by Gasteiger charge is 2.15. The largest absolute Gasteiger partial charge is 0.466 e. The summed E-state index contributed by atoms with van der Waals surface area (Å²) in [6.45, 7) is 4.68. The minimum atomic E-state index is -0.622. The topological polar surface area (TPSA) is 138 Å². The number of benzene rings is 1. The van der Waals surface area contributed by atoms with Gasteiger partial charge in [0.15, 0.2) is 0 Å². The Labute approximate surface area is 205 Å². The van der Waals surface area contributed by atoms with Gasteiger partial charge in [0, 0.05) is 13.0 Å². The number of carbonyl (C=O) groups excluding carboxylic acids is 4. The first-order valence-electron chi connectivity index (χ1n) is 11.6. The molecule has 0 aliphatic carbocycles. The van der Waals surface area contributed by atoms with Gasteiger partial charge in [0.2, 0.25) is 5.91 Å². The zero-order valence-electron chi connectivity index (χ0n) is 20.4. The van der Waals surface area contributed by atoms with Crippen LogP contribution in [0.15, 0.2) is 30.3 Å². The number of esters is 2. The van der Waals surface area contributed by atoms with Gasteiger partial charge in [0.25, 0.3) is 0 Å². The van der Waals surface area contributed by atoms with Crippen molar-refractivity contribution in [1.82, 2.24) is 10.6 Å². The monoisotopic (exact) mass is 496 g/mol. The average molecular weight is 497 g/mol. The second-order valence-corrected chi connectivity index (χ2v) is 7.26. The Morgan fingerprint density at radius 2 is 1.37 bits per heavy atom. The molecule has 1 aromatic carbocycles. The molecule has 35 heavy (non-hydrogen) atoms. The number of carbonyl (C=O) groups is 4. The molecule has 1 rings (SSSR count). The molecule has 0 bridgehead atoms. The fraction of sp³-hybridized carbons (Fsp3) is 0.583. The van der Waals surface area contributed by atoms with E-state index in [1.807, 2.05) is 30.3 Å². The maximum absolute atomic E-state index is 12.3. The van der Waals surface area contributed by atoms with E-state index in [2.05, 4.69) is 10.6 Å². The van der Waals surface area contributed by atoms with Crippen molar-refractivity contribution in [2.45, 2.75) is 45.8 Å². The van der Waals surface area contributed by atoms with Crippen LogP contribution in [0.4, 0.5) is 4.79 Å². The molecule has 0 aliphatic heterocycles. The van der Waals surface area contributed by atoms with Gasteiger partial charge in [0.1, 0.15) is 6.61 Å². The maximum atomic E-state index is 12.3. The van der Waals surface area contributed by atoms with Gasteiger partial charge in [-0.15, -0.1) is 0 Å². The molecule has 0 saturated carbocycles. The second kappa shape index (κ2) is 19.2. The highest BCUT2D eigenvalue weighted by Crippen LogP contribution is 2.00. The molecule has 0 aromatic heterocycles. The third-order valence-electron chi connectivity index (χ3n) is 4.35. The van der Waals surface area contributed by atoms with Crippen LogP contribution < -0.4 is 10.6 Å². The van der Waals surface area contributed by atoms with Crippen LogP contribution in [0.2, 0.25) is 0 Å². The van der Waals surface area contributed by atoms with E-state index >= 15 is 0 Å². The first-order valence-corrected chi connectivity index (χ1v) is 11.6. The van der Waals surface area contributed by atoms with Crippen molar-refractivity contribution >= 4 is 23.9 Å². The smallest absolute Gasteiger partial charge is 0.407 e. The number of ether oxygens (including phenoxy) is 5. The van der Waals surface area contributed by atoms with Crippen LogP contribution in [0.25, 0.3) is 0 Å². The summed E-state index contributed by atoms with van der Waals surface area (Å²) in [5, 5.41) is 5.29. The molecule has 0 atom stereocenters. The van der Waals surface area contributed by atoms with Crippen molar-refractivity contribution in [2.75, 3.05) is 46.2 Å². The van der Waals surface area contributed by atoms with Crippen molar-refractivity contribution in [3.05, 3.63) is 35.9 Å². The van der Waals surface area contributed by atoms with Crippen molar-refractivity contribution in [3.8, 4) is 0 Å². The van der Waals surface area contributed by atoms with E-state index in [4.69, 9.17) is 23.7 Å². The summed E-state index contributed by atoms with van der Waals surface area (Å²) in [5.41, 5.74) is 0.856. The lowest BCUT2D eigenvalue weighted by Gasteiger charge is -2.19. The molecule has 196 valence electrons. The Morgan fingerprint density at radius 1 is 0.800 bits per heavy atom. The highest BCUT2D eigenvalue weighted by atomic mass is 16.6. The van der Waals surface area contributed by atoms with E-state index in [1.54, 1.807) is 13.8 Å². The van der Waals surface area contributed by atoms with Gasteiger partial charge in [-0.3, -0.25) is 14.4 Å². The summed E-state index contributed by atoms with van der Waals surface area (Å²) in [5.74, 6) is -1.07. The molecule has 0 heterocycles. The van der Waals surface area contributed by atoms with Gasteiger partial charge in [-0.1, -0.05) is 30.3 Å². The lowest BCUT2D eigenvalue weighted by atomic mass is 10.2. The van der Waals surface area contributed by atoms with Gasteiger partial charge >= 0.3 is 18.0 Å². The predicted molar refractivity (Wildman–Crippen MR) is 125 cm³/mol. The maximum Gasteiger partial charge on any atom is 0.407 e. The summed E-state index contributed by atoms with van der Waals surface area (Å²) >= 11 is 0. The molecule has 2 N–H and O–H groups in total. The summed E-state index contributed by atoms with van der Waals surface area (Å²) in [4.78, 5) is 46.9. The number of hydrogen-bond donors (Lipinski definition) is 2. The Kier molecular flexibility index (Phi) is 16.3. The van der Waals surface area contributed by atoms with E-state index in [0.717, 1.165) is 5.56 Å². The van der Waals surface area contributed by atoms with Gasteiger partial charge < -0.3 is 34.3 Å². The van der Waals surface area contributed by atoms with Crippen LogP contribution in [-0.4, -0.2) is 76.2 Å². The van der Waals surface area contributed by atoms with Crippen LogP contribution >= 0.6 is 0 Å². The number of nitrogens with one attached hydrogen (secondary N) is 2. The quantitative estimate of drug-likeness (QED) is 0.177. The number of rotatable bonds is 18. The molecule has 0 radical (unpaired) electrons. The SMILES string of the molecule is CCOC(=O)CCOCC(COCCC(=O)OCC)NC(=O)CCNC(=O)OCc1ccccc1. The zero-order valence-corrected chi connectivity index (χ0v) is 20.4. The Morgan fingerprint density at radius 3 is 1.91 bits per heavy atom. The van der Waals surface area contributed by atoms with Crippen LogP contribution in [-0.2, 0) is 44.7 Å². The fourth-order valence-corrected chi connectivity index (χ4v) is 2.71. The zero-order chi connectivity index (χ0) is 25.7. The summed E-state index contributed by atoms with van der Waals surface area (Å²) < 4.78 is 25.7. The van der Waals surface area contributed by atoms with Crippen molar-refractivity contribution in [3.63, 3.8) is 0 Å². The van der Waals surface area contributed by atoms with E-state index in [-0.39, 0.29) is 76.7 Å². The molecule has 2 amide bonds. The average Bonchev–Trinajstić information content (AvgIpc) is 2.84. The van der Waals surface area contributed by atoms with Crippen LogP contribution in [0.1, 0.15) is 38.7 Å². The van der Waals surface area contributed by atoms with Crippen molar-refractivity contribution in [2.24, 2.45) is 0 Å². The first-order chi connectivity index (χ1) is 16.9. The Bertz CT molecular complexity index is 733. The summed E-state index contributed by atoms with van der Waals surface area (Å²) in [6.07, 6.45) is -0.425. The second-order valence-electron chi connectivity index (χ2n) is 7.26. The minimum Gasteiger partial charge on any atom is -0.466 e. The molecule has 11 nitrogen and oxygen atoms in total. The summed E-state index contributed by atoms with van der Waals surface area (Å²) in [6, 6.07) is 8.72. The third-order valence-corrected chi connectivity index (χ3v) is 4.35. The van der Waals surface area contributed by atoms with Crippen LogP contribution in [0, 0.1) is 0 Å². The Balaban J connectivity index is 2.35. The number of hydrogen-bond acceptors (Lipinski definition) is 9. The standard InChI is InChI=1S/C24H36N2O9/c1-3-33-22(28)11-14-31-17-20(18-32-15-12-23(29)34-4-2)26-21(27)10-13-25-24(30)35-16-19-8-6-5-7-9-19/h5-9,20H,3-4,10-18H2,1-2H3,(H,25,30)(H,26,27). The molecular formula is C24H36N2O9. The van der Waals surface area contributed by atoms with Crippen molar-refractivity contribution in [1.29, 1.82) is 0 Å². The lowest BCUT2D eigenvalue weighted by Crippen LogP contribution is -2.43. The first kappa shape index (κ1) is 29.9. The van der Waals surface area contributed by atoms with E-state index < -0.39 is 12.1 Å². The molecular weight excluding hydrogens is 460 g/mol. The minimum absolute atomic E-state index is 0.0165. The molecule has 0 unspecified atom stereocenters. The molecule has 0 saturated heterocycles. The van der Waals surface area contributed by atoms with Gasteiger partial charge in [-0.2, -0.15) is 0 Å². The van der Waals surface area contributed by atoms with Crippen LogP contribution in [0.3, 0.4) is 0 Å². The molecule has 11 heteroatoms. The normalized spacial score (nSPS) is 10.5. The van der Waals surface area contributed by atoms with Gasteiger partial charge in [-0.05, 0) is 19.4 Å². The van der Waals surface area contributed by atoms with Gasteiger partial charge in [-0.25, -0.2) is 4.79 Å². The van der Waals surface area contributed by atoms with E-state index in [0.29, 0.717) is 13.2 Å². The lowest BCUT2D eigenvalue weighted by molar-refractivity contribution is -0.145. The highest BCUT2D eigenvalue weighted by molar-refractivity contribution is 5.77. The predicted octanol–water partition coefficient (Wildman–Crippen LogP) is 1.73. The molecule has 0 aliphatic rings. The summed E-state index contributed by atoms with van der Waals surface area (Å²) in [7, 11) is 0. The third kappa shape index (κ3) is 16.1. The Hall–Kier alpha value is -3.18. The van der Waals surface area contributed by atoms with Crippen molar-refractivity contribution < 1.29 is 42.9 Å². The number of alkyl carbamates (subject to hydrolysis) is 1. The molecule has 1 aromatic rings. The molecule has 0 spiro atoms. The van der Waals surface area contributed by atoms with E-state index in [1.165, 1.54) is 0 Å². The fourth-order valence-electron chi connectivity index (χ4n) is 2.71. The van der Waals surface area contributed by atoms with Gasteiger partial charge in [0.05, 0.1) is 58.5 Å². The van der Waals surface area contributed by atoms with E-state index in [9.17, 15) is 19.2 Å². The number of amides is 2.